The molecule has 1 saturated carbocycles. The molecule has 0 aromatic heterocycles. The fraction of sp³-hybridized carbons (Fsp3) is 0.833. The first kappa shape index (κ1) is 14.0. The minimum atomic E-state index is -0.465. The lowest BCUT2D eigenvalue weighted by Gasteiger charge is -2.40. The molecule has 1 aliphatic rings. The van der Waals surface area contributed by atoms with E-state index < -0.39 is 6.04 Å². The van der Waals surface area contributed by atoms with Crippen molar-refractivity contribution < 1.29 is 9.59 Å². The number of likely N-dealkylation sites (N-methyl/N-ethyl adjacent to an activating group) is 1. The number of nitrogens with one attached hydrogen (secondary N) is 1. The van der Waals surface area contributed by atoms with Crippen molar-refractivity contribution in [2.75, 3.05) is 20.6 Å². The molecule has 0 saturated heterocycles. The van der Waals surface area contributed by atoms with Crippen LogP contribution in [0.3, 0.4) is 0 Å². The average molecular weight is 241 g/mol. The Morgan fingerprint density at radius 3 is 2.35 bits per heavy atom. The summed E-state index contributed by atoms with van der Waals surface area (Å²) in [4.78, 5) is 24.9. The minimum absolute atomic E-state index is 0.00896. The Bertz CT molecular complexity index is 293. The van der Waals surface area contributed by atoms with Crippen LogP contribution in [0.25, 0.3) is 0 Å². The van der Waals surface area contributed by atoms with Crippen molar-refractivity contribution in [2.24, 2.45) is 11.1 Å². The third kappa shape index (κ3) is 3.43. The number of nitrogens with zero attached hydrogens (tertiary/aromatic N) is 1. The van der Waals surface area contributed by atoms with Crippen LogP contribution in [0.5, 0.6) is 0 Å². The molecule has 0 radical (unpaired) electrons. The number of carbonyl (C=O) groups excluding carboxylic acids is 2. The molecule has 1 unspecified atom stereocenters. The molecule has 0 aromatic carbocycles. The van der Waals surface area contributed by atoms with Crippen LogP contribution in [0, 0.1) is 5.41 Å². The standard InChI is InChI=1S/C12H23N3O2/c1-9(11(17)15(2)3)14-10(16)7-12(8-13)5-4-6-12/h9H,4-8,13H2,1-3H3,(H,14,16). The molecule has 98 valence electrons. The van der Waals surface area contributed by atoms with E-state index in [1.807, 2.05) is 0 Å². The van der Waals surface area contributed by atoms with E-state index in [0.29, 0.717) is 13.0 Å². The summed E-state index contributed by atoms with van der Waals surface area (Å²) in [6.45, 7) is 2.26. The molecule has 1 fully saturated rings. The first-order chi connectivity index (χ1) is 7.90. The summed E-state index contributed by atoms with van der Waals surface area (Å²) < 4.78 is 0. The SMILES string of the molecule is CC(NC(=O)CC1(CN)CCC1)C(=O)N(C)C. The summed E-state index contributed by atoms with van der Waals surface area (Å²) in [6.07, 6.45) is 3.63. The van der Waals surface area contributed by atoms with Crippen molar-refractivity contribution in [3.05, 3.63) is 0 Å². The van der Waals surface area contributed by atoms with E-state index in [-0.39, 0.29) is 17.2 Å². The first-order valence-corrected chi connectivity index (χ1v) is 6.11. The molecule has 1 aliphatic carbocycles. The van der Waals surface area contributed by atoms with E-state index in [9.17, 15) is 9.59 Å². The second-order valence-corrected chi connectivity index (χ2v) is 5.26. The molecule has 5 heteroatoms. The molecule has 1 atom stereocenters. The second kappa shape index (κ2) is 5.49. The van der Waals surface area contributed by atoms with Crippen LogP contribution in [0.1, 0.15) is 32.6 Å². The summed E-state index contributed by atoms with van der Waals surface area (Å²) in [5.74, 6) is -0.161. The van der Waals surface area contributed by atoms with Crippen molar-refractivity contribution in [3.63, 3.8) is 0 Å². The zero-order valence-corrected chi connectivity index (χ0v) is 11.0. The normalized spacial score (nSPS) is 19.1. The van der Waals surface area contributed by atoms with Crippen LogP contribution < -0.4 is 11.1 Å². The maximum Gasteiger partial charge on any atom is 0.244 e. The monoisotopic (exact) mass is 241 g/mol. The van der Waals surface area contributed by atoms with Gasteiger partial charge < -0.3 is 16.0 Å². The van der Waals surface area contributed by atoms with Crippen LogP contribution in [0.4, 0.5) is 0 Å². The van der Waals surface area contributed by atoms with E-state index in [1.165, 1.54) is 4.90 Å². The summed E-state index contributed by atoms with van der Waals surface area (Å²) in [7, 11) is 3.36. The van der Waals surface area contributed by atoms with Gasteiger partial charge in [0.25, 0.3) is 0 Å². The Labute approximate surface area is 103 Å². The van der Waals surface area contributed by atoms with E-state index in [0.717, 1.165) is 19.3 Å². The number of hydrogen-bond acceptors (Lipinski definition) is 3. The Balaban J connectivity index is 2.41. The molecule has 3 N–H and O–H groups in total. The Morgan fingerprint density at radius 2 is 2.00 bits per heavy atom. The minimum Gasteiger partial charge on any atom is -0.347 e. The van der Waals surface area contributed by atoms with Gasteiger partial charge >= 0.3 is 0 Å². The molecular weight excluding hydrogens is 218 g/mol. The third-order valence-corrected chi connectivity index (χ3v) is 3.57. The predicted molar refractivity (Wildman–Crippen MR) is 66.3 cm³/mol. The fourth-order valence-electron chi connectivity index (χ4n) is 2.21. The summed E-state index contributed by atoms with van der Waals surface area (Å²) in [5.41, 5.74) is 5.69. The van der Waals surface area contributed by atoms with Gasteiger partial charge in [-0.1, -0.05) is 6.42 Å². The highest BCUT2D eigenvalue weighted by molar-refractivity contribution is 5.87. The molecule has 17 heavy (non-hydrogen) atoms. The number of rotatable bonds is 5. The zero-order chi connectivity index (χ0) is 13.1. The fourth-order valence-corrected chi connectivity index (χ4v) is 2.21. The second-order valence-electron chi connectivity index (χ2n) is 5.26. The first-order valence-electron chi connectivity index (χ1n) is 6.11. The number of carbonyl (C=O) groups is 2. The van der Waals surface area contributed by atoms with Gasteiger partial charge in [-0.25, -0.2) is 0 Å². The lowest BCUT2D eigenvalue weighted by Crippen LogP contribution is -2.47. The lowest BCUT2D eigenvalue weighted by atomic mass is 9.66. The lowest BCUT2D eigenvalue weighted by molar-refractivity contribution is -0.135. The average Bonchev–Trinajstić information content (AvgIpc) is 2.22. The zero-order valence-electron chi connectivity index (χ0n) is 11.0. The molecule has 0 aliphatic heterocycles. The van der Waals surface area contributed by atoms with Crippen molar-refractivity contribution in [1.82, 2.24) is 10.2 Å². The Morgan fingerprint density at radius 1 is 1.41 bits per heavy atom. The van der Waals surface area contributed by atoms with Crippen LogP contribution >= 0.6 is 0 Å². The van der Waals surface area contributed by atoms with Crippen molar-refractivity contribution >= 4 is 11.8 Å². The predicted octanol–water partition coefficient (Wildman–Crippen LogP) is 0.0984. The smallest absolute Gasteiger partial charge is 0.244 e. The third-order valence-electron chi connectivity index (χ3n) is 3.57. The van der Waals surface area contributed by atoms with Gasteiger partial charge in [-0.2, -0.15) is 0 Å². The van der Waals surface area contributed by atoms with Crippen molar-refractivity contribution in [2.45, 2.75) is 38.6 Å². The van der Waals surface area contributed by atoms with Crippen LogP contribution in [-0.2, 0) is 9.59 Å². The van der Waals surface area contributed by atoms with E-state index in [2.05, 4.69) is 5.32 Å². The van der Waals surface area contributed by atoms with Gasteiger partial charge in [-0.15, -0.1) is 0 Å². The highest BCUT2D eigenvalue weighted by Gasteiger charge is 2.37. The summed E-state index contributed by atoms with van der Waals surface area (Å²) >= 11 is 0. The van der Waals surface area contributed by atoms with Crippen LogP contribution in [0.2, 0.25) is 0 Å². The van der Waals surface area contributed by atoms with Gasteiger partial charge in [0.15, 0.2) is 0 Å². The van der Waals surface area contributed by atoms with Crippen molar-refractivity contribution in [3.8, 4) is 0 Å². The summed E-state index contributed by atoms with van der Waals surface area (Å²) in [6, 6.07) is -0.465. The highest BCUT2D eigenvalue weighted by Crippen LogP contribution is 2.42. The number of nitrogens with two attached hydrogens (primary N) is 1. The molecule has 5 nitrogen and oxygen atoms in total. The largest absolute Gasteiger partial charge is 0.347 e. The molecule has 0 heterocycles. The molecular formula is C12H23N3O2. The molecule has 0 bridgehead atoms. The van der Waals surface area contributed by atoms with Crippen LogP contribution in [-0.4, -0.2) is 43.4 Å². The molecule has 2 amide bonds. The van der Waals surface area contributed by atoms with Gasteiger partial charge in [0, 0.05) is 20.5 Å². The maximum absolute atomic E-state index is 11.8. The van der Waals surface area contributed by atoms with Gasteiger partial charge in [0.2, 0.25) is 11.8 Å². The highest BCUT2D eigenvalue weighted by atomic mass is 16.2. The number of amides is 2. The van der Waals surface area contributed by atoms with Gasteiger partial charge in [0.05, 0.1) is 0 Å². The van der Waals surface area contributed by atoms with Gasteiger partial charge in [0.1, 0.15) is 6.04 Å². The Hall–Kier alpha value is -1.10. The quantitative estimate of drug-likeness (QED) is 0.716. The van der Waals surface area contributed by atoms with Crippen LogP contribution in [0.15, 0.2) is 0 Å². The van der Waals surface area contributed by atoms with Gasteiger partial charge in [-0.05, 0) is 31.7 Å². The van der Waals surface area contributed by atoms with Crippen molar-refractivity contribution in [1.29, 1.82) is 0 Å². The van der Waals surface area contributed by atoms with E-state index in [1.54, 1.807) is 21.0 Å². The number of hydrogen-bond donors (Lipinski definition) is 2. The molecule has 1 rings (SSSR count). The van der Waals surface area contributed by atoms with E-state index in [4.69, 9.17) is 5.73 Å². The Kier molecular flexibility index (Phi) is 4.51. The topological polar surface area (TPSA) is 75.4 Å². The van der Waals surface area contributed by atoms with Gasteiger partial charge in [-0.3, -0.25) is 9.59 Å². The molecule has 0 spiro atoms. The maximum atomic E-state index is 11.8. The van der Waals surface area contributed by atoms with E-state index >= 15 is 0 Å². The summed E-state index contributed by atoms with van der Waals surface area (Å²) in [5, 5.41) is 2.73. The molecule has 0 aromatic rings.